The molecule has 15 nitrogen and oxygen atoms in total. The number of hydrogen-bond acceptors (Lipinski definition) is 9. The molecular formula is C40H39ClF4N10O5. The highest BCUT2D eigenvalue weighted by atomic mass is 35.5. The molecule has 2 aromatic carbocycles. The largest absolute Gasteiger partial charge is 0.505 e. The van der Waals surface area contributed by atoms with Gasteiger partial charge in [-0.3, -0.25) is 14.4 Å². The van der Waals surface area contributed by atoms with E-state index in [1.165, 1.54) is 32.7 Å². The number of urea groups is 1. The minimum atomic E-state index is -4.67. The Bertz CT molecular complexity index is 2560. The van der Waals surface area contributed by atoms with Gasteiger partial charge in [-0.1, -0.05) is 11.6 Å². The van der Waals surface area contributed by atoms with Crippen LogP contribution in [0.25, 0.3) is 17.2 Å². The van der Waals surface area contributed by atoms with Crippen LogP contribution in [0.3, 0.4) is 0 Å². The van der Waals surface area contributed by atoms with E-state index < -0.39 is 47.2 Å². The molecule has 314 valence electrons. The van der Waals surface area contributed by atoms with Crippen LogP contribution in [0, 0.1) is 0 Å². The van der Waals surface area contributed by atoms with Gasteiger partial charge < -0.3 is 34.6 Å². The summed E-state index contributed by atoms with van der Waals surface area (Å²) >= 11 is 6.14. The number of likely N-dealkylation sites (tertiary alicyclic amines) is 1. The molecule has 3 aromatic heterocycles. The number of halogens is 5. The number of hydrogen-bond donors (Lipinski definition) is 2. The van der Waals surface area contributed by atoms with Crippen LogP contribution in [-0.2, 0) is 22.9 Å². The monoisotopic (exact) mass is 850 g/mol. The van der Waals surface area contributed by atoms with Gasteiger partial charge in [-0.05, 0) is 73.9 Å². The molecule has 1 spiro atoms. The van der Waals surface area contributed by atoms with Crippen LogP contribution >= 0.6 is 11.6 Å². The van der Waals surface area contributed by atoms with Gasteiger partial charge in [0.15, 0.2) is 11.5 Å². The van der Waals surface area contributed by atoms with E-state index in [1.807, 2.05) is 12.1 Å². The zero-order valence-corrected chi connectivity index (χ0v) is 33.2. The first-order valence-electron chi connectivity index (χ1n) is 19.1. The molecule has 5 aromatic rings. The van der Waals surface area contributed by atoms with Gasteiger partial charge in [-0.15, -0.1) is 5.10 Å². The van der Waals surface area contributed by atoms with Gasteiger partial charge in [0, 0.05) is 81.8 Å². The van der Waals surface area contributed by atoms with Crippen LogP contribution in [0.4, 0.5) is 33.7 Å². The molecule has 5 heterocycles. The van der Waals surface area contributed by atoms with Gasteiger partial charge in [-0.25, -0.2) is 14.2 Å². The van der Waals surface area contributed by atoms with Crippen LogP contribution in [-0.4, -0.2) is 115 Å². The first-order chi connectivity index (χ1) is 28.5. The average molecular weight is 851 g/mol. The van der Waals surface area contributed by atoms with Gasteiger partial charge in [0.05, 0.1) is 22.0 Å². The summed E-state index contributed by atoms with van der Waals surface area (Å²) in [7, 11) is 3.42. The Morgan fingerprint density at radius 1 is 0.983 bits per heavy atom. The van der Waals surface area contributed by atoms with E-state index >= 15 is 4.39 Å². The third-order valence-corrected chi connectivity index (χ3v) is 11.8. The lowest BCUT2D eigenvalue weighted by Crippen LogP contribution is -2.51. The highest BCUT2D eigenvalue weighted by molar-refractivity contribution is 6.33. The maximum Gasteiger partial charge on any atom is 0.416 e. The van der Waals surface area contributed by atoms with Crippen molar-refractivity contribution in [2.75, 3.05) is 63.6 Å². The number of anilines is 2. The van der Waals surface area contributed by atoms with Crippen molar-refractivity contribution in [1.82, 2.24) is 38.8 Å². The fraction of sp³-hybridized carbons (Fsp3) is 0.375. The van der Waals surface area contributed by atoms with E-state index in [4.69, 9.17) is 11.6 Å². The van der Waals surface area contributed by atoms with Crippen molar-refractivity contribution in [2.24, 2.45) is 0 Å². The summed E-state index contributed by atoms with van der Waals surface area (Å²) in [5.74, 6) is -1.60. The third kappa shape index (κ3) is 7.34. The van der Waals surface area contributed by atoms with Crippen molar-refractivity contribution in [2.45, 2.75) is 43.6 Å². The van der Waals surface area contributed by atoms with Gasteiger partial charge in [0.1, 0.15) is 18.5 Å². The number of nitrogens with one attached hydrogen (secondary N) is 1. The predicted molar refractivity (Wildman–Crippen MR) is 212 cm³/mol. The first-order valence-corrected chi connectivity index (χ1v) is 19.5. The molecule has 0 bridgehead atoms. The Labute approximate surface area is 344 Å². The molecule has 3 aliphatic rings. The van der Waals surface area contributed by atoms with Crippen molar-refractivity contribution in [3.63, 3.8) is 0 Å². The summed E-state index contributed by atoms with van der Waals surface area (Å²) in [5.41, 5.74) is -1.52. The number of amides is 4. The molecule has 2 N–H and O–H groups in total. The number of nitrogens with zero attached hydrogens (tertiary/aromatic N) is 9. The maximum absolute atomic E-state index is 16.6. The van der Waals surface area contributed by atoms with E-state index in [1.54, 1.807) is 31.1 Å². The quantitative estimate of drug-likeness (QED) is 0.215. The van der Waals surface area contributed by atoms with Crippen LogP contribution in [0.1, 0.15) is 52.7 Å². The van der Waals surface area contributed by atoms with Crippen molar-refractivity contribution in [3.05, 3.63) is 98.7 Å². The lowest BCUT2D eigenvalue weighted by molar-refractivity contribution is -0.137. The van der Waals surface area contributed by atoms with Crippen molar-refractivity contribution in [3.8, 4) is 17.1 Å². The van der Waals surface area contributed by atoms with E-state index in [0.717, 1.165) is 22.3 Å². The van der Waals surface area contributed by atoms with Crippen molar-refractivity contribution >= 4 is 46.6 Å². The van der Waals surface area contributed by atoms with Crippen LogP contribution < -0.4 is 15.8 Å². The zero-order valence-electron chi connectivity index (χ0n) is 32.4. The summed E-state index contributed by atoms with van der Waals surface area (Å²) in [6.07, 6.45) is -4.80. The molecule has 2 fully saturated rings. The minimum absolute atomic E-state index is 0.0583. The Kier molecular flexibility index (Phi) is 10.4. The average Bonchev–Trinajstić information content (AvgIpc) is 3.80. The Morgan fingerprint density at radius 2 is 1.68 bits per heavy atom. The molecule has 8 rings (SSSR count). The number of rotatable bonds is 6. The molecule has 1 aliphatic carbocycles. The lowest BCUT2D eigenvalue weighted by Gasteiger charge is -2.39. The van der Waals surface area contributed by atoms with Crippen LogP contribution in [0.2, 0.25) is 5.02 Å². The summed E-state index contributed by atoms with van der Waals surface area (Å²) in [6.45, 7) is 1.93. The summed E-state index contributed by atoms with van der Waals surface area (Å²) < 4.78 is 58.9. The summed E-state index contributed by atoms with van der Waals surface area (Å²) in [4.78, 5) is 69.5. The van der Waals surface area contributed by atoms with E-state index in [-0.39, 0.29) is 83.4 Å². The van der Waals surface area contributed by atoms with Gasteiger partial charge in [-0.2, -0.15) is 22.7 Å². The fourth-order valence-corrected chi connectivity index (χ4v) is 8.63. The van der Waals surface area contributed by atoms with Crippen molar-refractivity contribution < 1.29 is 37.1 Å². The second-order valence-corrected chi connectivity index (χ2v) is 15.8. The maximum atomic E-state index is 16.6. The van der Waals surface area contributed by atoms with Gasteiger partial charge in [0.2, 0.25) is 11.7 Å². The molecule has 1 unspecified atom stereocenters. The molecule has 0 saturated carbocycles. The second-order valence-electron chi connectivity index (χ2n) is 15.4. The number of benzene rings is 2. The van der Waals surface area contributed by atoms with E-state index in [2.05, 4.69) is 25.3 Å². The van der Waals surface area contributed by atoms with E-state index in [9.17, 15) is 37.5 Å². The smallest absolute Gasteiger partial charge is 0.416 e. The molecule has 2 aliphatic heterocycles. The molecule has 1 atom stereocenters. The topological polar surface area (TPSA) is 162 Å². The number of piperazine rings is 1. The Hall–Kier alpha value is -6.24. The number of fused-ring (bicyclic) bond motifs is 3. The highest BCUT2D eigenvalue weighted by Crippen LogP contribution is 2.51. The van der Waals surface area contributed by atoms with Crippen LogP contribution in [0.15, 0.2) is 65.6 Å². The van der Waals surface area contributed by atoms with Gasteiger partial charge >= 0.3 is 12.2 Å². The number of piperidine rings is 1. The highest BCUT2D eigenvalue weighted by Gasteiger charge is 2.51. The predicted octanol–water partition coefficient (Wildman–Crippen LogP) is 5.36. The minimum Gasteiger partial charge on any atom is -0.505 e. The summed E-state index contributed by atoms with van der Waals surface area (Å²) in [5, 5.41) is 17.0. The summed E-state index contributed by atoms with van der Waals surface area (Å²) in [6, 6.07) is 12.5. The fourth-order valence-electron chi connectivity index (χ4n) is 8.41. The molecule has 20 heteroatoms. The normalized spacial score (nSPS) is 17.6. The second kappa shape index (κ2) is 15.4. The Morgan fingerprint density at radius 3 is 2.32 bits per heavy atom. The number of aromatic nitrogens is 5. The van der Waals surface area contributed by atoms with E-state index in [0.29, 0.717) is 37.8 Å². The zero-order chi connectivity index (χ0) is 42.7. The molecular weight excluding hydrogens is 812 g/mol. The SMILES string of the molecule is CN(C)C(=O)N1CCN(c2ccc(-c3nc4n(CC(=O)Nc5ccc(C(F)(F)F)cc5Cl)c5c(c(=O)n4n3)C3(CCN(C(=O)c4ncccc4O)CC3)CC5F)cc2)CC1. The lowest BCUT2D eigenvalue weighted by atomic mass is 9.74. The number of carbonyl (C=O) groups is 3. The van der Waals surface area contributed by atoms with Crippen molar-refractivity contribution in [1.29, 1.82) is 0 Å². The standard InChI is InChI=1S/C40H39ClF4N10O5/c1-50(2)38(60)53-18-16-51(17-19-53)25-8-5-23(6-9-25)34-48-37-54(22-30(57)47-28-10-7-24(20-26(28)41)40(43,44)45)33-27(42)21-39(31(33)35(58)55(37)49-34)11-14-52(15-12-39)36(59)32-29(56)4-3-13-46-32/h3-10,13,20,27,56H,11-12,14-19,21-22H2,1-2H3,(H,47,57). The number of aromatic hydroxyl groups is 1. The number of pyridine rings is 1. The molecule has 2 saturated heterocycles. The molecule has 60 heavy (non-hydrogen) atoms. The third-order valence-electron chi connectivity index (χ3n) is 11.5. The van der Waals surface area contributed by atoms with Gasteiger partial charge in [0.25, 0.3) is 11.5 Å². The van der Waals surface area contributed by atoms with Crippen LogP contribution in [0.5, 0.6) is 5.75 Å². The molecule has 0 radical (unpaired) electrons. The molecule has 4 amide bonds. The number of alkyl halides is 4. The first kappa shape index (κ1) is 40.5. The number of carbonyl (C=O) groups excluding carboxylic acids is 3. The Balaban J connectivity index is 1.13.